The van der Waals surface area contributed by atoms with Crippen molar-refractivity contribution in [2.24, 2.45) is 5.92 Å². The van der Waals surface area contributed by atoms with Crippen molar-refractivity contribution >= 4 is 27.6 Å². The summed E-state index contributed by atoms with van der Waals surface area (Å²) in [4.78, 5) is 22.6. The van der Waals surface area contributed by atoms with E-state index in [2.05, 4.69) is 69.3 Å². The van der Waals surface area contributed by atoms with Gasteiger partial charge in [0, 0.05) is 12.6 Å². The van der Waals surface area contributed by atoms with Crippen LogP contribution in [0.3, 0.4) is 0 Å². The molecule has 1 fully saturated rings. The predicted molar refractivity (Wildman–Crippen MR) is 136 cm³/mol. The number of rotatable bonds is 7. The fraction of sp³-hybridized carbons (Fsp3) is 0.538. The quantitative estimate of drug-likeness (QED) is 0.465. The third-order valence-electron chi connectivity index (χ3n) is 7.01. The van der Waals surface area contributed by atoms with E-state index in [1.165, 1.54) is 28.3 Å². The first-order valence-corrected chi connectivity index (χ1v) is 12.8. The highest BCUT2D eigenvalue weighted by molar-refractivity contribution is 9.11. The Hall–Kier alpha value is -2.12. The van der Waals surface area contributed by atoms with Gasteiger partial charge in [0.25, 0.3) is 0 Å². The number of carbonyl (C=O) groups excluding carboxylic acids is 1. The maximum atomic E-state index is 11.8. The summed E-state index contributed by atoms with van der Waals surface area (Å²) in [5.74, 6) is 1.35. The lowest BCUT2D eigenvalue weighted by atomic mass is 9.88. The topological polar surface area (TPSA) is 70.2 Å². The van der Waals surface area contributed by atoms with E-state index in [1.54, 1.807) is 0 Å². The number of nitrogens with one attached hydrogen (secondary N) is 2. The Kier molecular flexibility index (Phi) is 7.91. The van der Waals surface area contributed by atoms with Crippen molar-refractivity contribution in [3.8, 4) is 0 Å². The highest BCUT2D eigenvalue weighted by Gasteiger charge is 2.31. The Balaban J connectivity index is 1.44. The molecule has 2 N–H and O–H groups in total. The van der Waals surface area contributed by atoms with Gasteiger partial charge in [0.05, 0.1) is 25.0 Å². The number of aromatic amines is 1. The molecule has 0 bridgehead atoms. The number of hydrogen-bond donors (Lipinski definition) is 2. The molecular formula is C26H35BrN4O2. The summed E-state index contributed by atoms with van der Waals surface area (Å²) < 4.78 is 6.10. The fourth-order valence-corrected chi connectivity index (χ4v) is 5.25. The minimum atomic E-state index is -0.367. The lowest BCUT2D eigenvalue weighted by Gasteiger charge is -2.30. The van der Waals surface area contributed by atoms with Crippen LogP contribution in [0, 0.1) is 5.92 Å². The average Bonchev–Trinajstić information content (AvgIpc) is 3.48. The van der Waals surface area contributed by atoms with Crippen molar-refractivity contribution in [3.05, 3.63) is 57.6 Å². The third kappa shape index (κ3) is 5.87. The average molecular weight is 515 g/mol. The maximum absolute atomic E-state index is 11.8. The molecular weight excluding hydrogens is 480 g/mol. The van der Waals surface area contributed by atoms with E-state index in [1.807, 2.05) is 6.20 Å². The van der Waals surface area contributed by atoms with Gasteiger partial charge in [-0.15, -0.1) is 0 Å². The molecule has 2 unspecified atom stereocenters. The second kappa shape index (κ2) is 10.9. The zero-order valence-electron chi connectivity index (χ0n) is 19.9. The van der Waals surface area contributed by atoms with Crippen LogP contribution >= 0.6 is 15.9 Å². The molecule has 0 radical (unpaired) electrons. The van der Waals surface area contributed by atoms with Crippen molar-refractivity contribution in [3.63, 3.8) is 0 Å². The molecule has 0 saturated carbocycles. The normalized spacial score (nSPS) is 22.4. The molecule has 1 saturated heterocycles. The lowest BCUT2D eigenvalue weighted by molar-refractivity contribution is 0.150. The van der Waals surface area contributed by atoms with Crippen molar-refractivity contribution < 1.29 is 9.53 Å². The number of halogens is 1. The van der Waals surface area contributed by atoms with E-state index in [0.29, 0.717) is 5.92 Å². The molecule has 0 aromatic carbocycles. The Morgan fingerprint density at radius 1 is 1.18 bits per heavy atom. The minimum Gasteiger partial charge on any atom is -0.453 e. The van der Waals surface area contributed by atoms with Crippen LogP contribution in [0.25, 0.3) is 5.57 Å². The number of H-pyrrole nitrogens is 1. The number of imidazole rings is 1. The van der Waals surface area contributed by atoms with E-state index in [4.69, 9.17) is 9.72 Å². The van der Waals surface area contributed by atoms with Crippen LogP contribution in [0.15, 0.2) is 46.1 Å². The number of hydrogen-bond acceptors (Lipinski definition) is 4. The molecule has 33 heavy (non-hydrogen) atoms. The Morgan fingerprint density at radius 3 is 2.52 bits per heavy atom. The molecule has 4 rings (SSSR count). The highest BCUT2D eigenvalue weighted by Crippen LogP contribution is 2.35. The summed E-state index contributed by atoms with van der Waals surface area (Å²) in [6, 6.07) is 0.300. The number of likely N-dealkylation sites (tertiary alicyclic amines) is 1. The van der Waals surface area contributed by atoms with Crippen LogP contribution in [0.1, 0.15) is 69.9 Å². The van der Waals surface area contributed by atoms with Crippen LogP contribution < -0.4 is 5.32 Å². The first-order valence-electron chi connectivity index (χ1n) is 12.0. The lowest BCUT2D eigenvalue weighted by Crippen LogP contribution is -2.46. The van der Waals surface area contributed by atoms with E-state index in [-0.39, 0.29) is 18.2 Å². The fourth-order valence-electron chi connectivity index (χ4n) is 4.92. The second-order valence-electron chi connectivity index (χ2n) is 9.51. The molecule has 7 heteroatoms. The Morgan fingerprint density at radius 2 is 1.88 bits per heavy atom. The van der Waals surface area contributed by atoms with Crippen molar-refractivity contribution in [2.45, 2.75) is 64.5 Å². The number of ether oxygens (including phenoxy) is 1. The zero-order valence-corrected chi connectivity index (χ0v) is 21.5. The number of amides is 1. The van der Waals surface area contributed by atoms with Crippen LogP contribution in [0.2, 0.25) is 0 Å². The van der Waals surface area contributed by atoms with Gasteiger partial charge in [0.2, 0.25) is 0 Å². The van der Waals surface area contributed by atoms with Crippen LogP contribution in [0.4, 0.5) is 4.79 Å². The van der Waals surface area contributed by atoms with Crippen LogP contribution in [-0.2, 0) is 4.74 Å². The van der Waals surface area contributed by atoms with Gasteiger partial charge < -0.3 is 15.0 Å². The van der Waals surface area contributed by atoms with E-state index in [9.17, 15) is 4.79 Å². The maximum Gasteiger partial charge on any atom is 0.407 e. The summed E-state index contributed by atoms with van der Waals surface area (Å²) in [6.07, 6.45) is 17.1. The number of allylic oxidation sites excluding steroid dienone is 8. The van der Waals surface area contributed by atoms with Crippen molar-refractivity contribution in [2.75, 3.05) is 20.2 Å². The van der Waals surface area contributed by atoms with Crippen molar-refractivity contribution in [1.82, 2.24) is 20.2 Å². The number of alkyl carbamates (subject to hydrolysis) is 1. The van der Waals surface area contributed by atoms with Gasteiger partial charge in [0.15, 0.2) is 0 Å². The standard InChI is InChI=1S/C26H35BrN4O2/c1-17(2)23(30-26(32)33-3)16-31-14-4-5-24(31)25-28-15-22(29-25)20-8-6-18(7-9-20)19-10-12-21(27)13-11-19/h6,8,10,12,15,17,23-24H,4-5,7,9,11,13-14,16H2,1-3H3,(H,28,29)(H,30,32). The van der Waals surface area contributed by atoms with Gasteiger partial charge in [0.1, 0.15) is 5.82 Å². The largest absolute Gasteiger partial charge is 0.453 e. The Labute approximate surface area is 205 Å². The molecule has 1 aromatic heterocycles. The van der Waals surface area contributed by atoms with Crippen molar-refractivity contribution in [1.29, 1.82) is 0 Å². The number of carbonyl (C=O) groups is 1. The van der Waals surface area contributed by atoms with Gasteiger partial charge in [-0.2, -0.15) is 0 Å². The van der Waals surface area contributed by atoms with E-state index in [0.717, 1.165) is 63.1 Å². The SMILES string of the molecule is COC(=O)NC(CN1CCCC1c1ncc(C2=CC=C(C3=CC=C(Br)CC3)CC2)[nH]1)C(C)C. The monoisotopic (exact) mass is 514 g/mol. The molecule has 2 atom stereocenters. The smallest absolute Gasteiger partial charge is 0.407 e. The van der Waals surface area contributed by atoms with Gasteiger partial charge >= 0.3 is 6.09 Å². The van der Waals surface area contributed by atoms with Gasteiger partial charge in [-0.3, -0.25) is 4.90 Å². The second-order valence-corrected chi connectivity index (χ2v) is 10.5. The van der Waals surface area contributed by atoms with E-state index >= 15 is 0 Å². The van der Waals surface area contributed by atoms with Crippen LogP contribution in [0.5, 0.6) is 0 Å². The number of methoxy groups -OCH3 is 1. The number of aromatic nitrogens is 2. The van der Waals surface area contributed by atoms with E-state index < -0.39 is 0 Å². The highest BCUT2D eigenvalue weighted by atomic mass is 79.9. The number of nitrogens with zero attached hydrogens (tertiary/aromatic N) is 2. The molecule has 1 aromatic rings. The molecule has 3 aliphatic rings. The van der Waals surface area contributed by atoms with Gasteiger partial charge in [-0.05, 0) is 72.2 Å². The van der Waals surface area contributed by atoms with Gasteiger partial charge in [-0.1, -0.05) is 54.1 Å². The Bertz CT molecular complexity index is 988. The first kappa shape index (κ1) is 24.0. The molecule has 2 heterocycles. The van der Waals surface area contributed by atoms with Crippen LogP contribution in [-0.4, -0.2) is 47.2 Å². The third-order valence-corrected chi connectivity index (χ3v) is 7.67. The molecule has 1 amide bonds. The molecule has 1 aliphatic heterocycles. The summed E-state index contributed by atoms with van der Waals surface area (Å²) in [6.45, 7) is 6.07. The summed E-state index contributed by atoms with van der Waals surface area (Å²) >= 11 is 3.59. The summed E-state index contributed by atoms with van der Waals surface area (Å²) in [5.41, 5.74) is 5.36. The molecule has 0 spiro atoms. The van der Waals surface area contributed by atoms with Gasteiger partial charge in [-0.25, -0.2) is 9.78 Å². The predicted octanol–water partition coefficient (Wildman–Crippen LogP) is 6.03. The first-order chi connectivity index (χ1) is 15.9. The molecule has 178 valence electrons. The molecule has 6 nitrogen and oxygen atoms in total. The molecule has 2 aliphatic carbocycles. The minimum absolute atomic E-state index is 0.0432. The summed E-state index contributed by atoms with van der Waals surface area (Å²) in [7, 11) is 1.41. The zero-order chi connectivity index (χ0) is 23.4. The summed E-state index contributed by atoms with van der Waals surface area (Å²) in [5, 5.41) is 3.00.